The molecule has 2 fully saturated rings. The Morgan fingerprint density at radius 1 is 1.44 bits per heavy atom. The topological polar surface area (TPSA) is 52.6 Å². The van der Waals surface area contributed by atoms with E-state index in [1.54, 1.807) is 0 Å². The molecule has 1 unspecified atom stereocenters. The minimum absolute atomic E-state index is 0.206. The van der Waals surface area contributed by atoms with E-state index < -0.39 is 0 Å². The van der Waals surface area contributed by atoms with Crippen molar-refractivity contribution in [3.63, 3.8) is 0 Å². The Bertz CT molecular complexity index is 262. The van der Waals surface area contributed by atoms with Crippen molar-refractivity contribution in [2.75, 3.05) is 26.2 Å². The smallest absolute Gasteiger partial charge is 0.228 e. The van der Waals surface area contributed by atoms with Gasteiger partial charge in [-0.15, -0.1) is 0 Å². The second kappa shape index (κ2) is 4.72. The number of likely N-dealkylation sites (tertiary alicyclic amines) is 1. The number of hydrogen-bond acceptors (Lipinski definition) is 3. The summed E-state index contributed by atoms with van der Waals surface area (Å²) in [6, 6.07) is 0. The highest BCUT2D eigenvalue weighted by Crippen LogP contribution is 2.31. The van der Waals surface area contributed by atoms with E-state index in [0.29, 0.717) is 6.54 Å². The Balaban J connectivity index is 1.99. The third kappa shape index (κ3) is 2.38. The van der Waals surface area contributed by atoms with E-state index in [1.807, 2.05) is 4.90 Å². The molecule has 1 atom stereocenters. The predicted octanol–water partition coefficient (Wildman–Crippen LogP) is 0.359. The van der Waals surface area contributed by atoms with Gasteiger partial charge in [0.25, 0.3) is 0 Å². The molecule has 2 aliphatic heterocycles. The lowest BCUT2D eigenvalue weighted by Crippen LogP contribution is -2.51. The summed E-state index contributed by atoms with van der Waals surface area (Å²) in [4.78, 5) is 14.3. The Labute approximate surface area is 97.0 Å². The third-order valence-electron chi connectivity index (χ3n) is 3.91. The van der Waals surface area contributed by atoms with Gasteiger partial charge in [-0.2, -0.15) is 0 Å². The molecule has 2 heterocycles. The molecule has 4 nitrogen and oxygen atoms in total. The molecule has 0 aromatic heterocycles. The number of nitrogens with one attached hydrogen (secondary N) is 1. The highest BCUT2D eigenvalue weighted by Gasteiger charge is 2.38. The van der Waals surface area contributed by atoms with Crippen LogP contribution in [0.3, 0.4) is 0 Å². The molecular weight excluding hydrogens is 204 g/mol. The normalized spacial score (nSPS) is 30.1. The van der Waals surface area contributed by atoms with E-state index in [2.05, 4.69) is 12.2 Å². The van der Waals surface area contributed by atoms with Crippen LogP contribution < -0.4 is 5.32 Å². The van der Waals surface area contributed by atoms with Crippen molar-refractivity contribution >= 4 is 5.91 Å². The van der Waals surface area contributed by atoms with Crippen molar-refractivity contribution in [2.45, 2.75) is 38.7 Å². The highest BCUT2D eigenvalue weighted by molar-refractivity contribution is 5.82. The number of aliphatic hydroxyl groups is 1. The lowest BCUT2D eigenvalue weighted by molar-refractivity contribution is -0.145. The summed E-state index contributed by atoms with van der Waals surface area (Å²) >= 11 is 0. The Kier molecular flexibility index (Phi) is 3.50. The number of nitrogens with zero attached hydrogens (tertiary/aromatic N) is 1. The largest absolute Gasteiger partial charge is 0.391 e. The van der Waals surface area contributed by atoms with Crippen LogP contribution in [-0.2, 0) is 4.79 Å². The van der Waals surface area contributed by atoms with Crippen LogP contribution in [0.15, 0.2) is 0 Å². The molecule has 0 bridgehead atoms. The molecule has 0 saturated carbocycles. The average molecular weight is 226 g/mol. The highest BCUT2D eigenvalue weighted by atomic mass is 16.3. The number of piperidine rings is 2. The van der Waals surface area contributed by atoms with Crippen molar-refractivity contribution in [1.29, 1.82) is 0 Å². The molecule has 4 heteroatoms. The molecule has 2 N–H and O–H groups in total. The fourth-order valence-electron chi connectivity index (χ4n) is 2.71. The monoisotopic (exact) mass is 226 g/mol. The molecule has 0 aromatic rings. The zero-order valence-corrected chi connectivity index (χ0v) is 10.0. The van der Waals surface area contributed by atoms with Crippen LogP contribution in [0.4, 0.5) is 0 Å². The minimum Gasteiger partial charge on any atom is -0.391 e. The van der Waals surface area contributed by atoms with Gasteiger partial charge in [-0.25, -0.2) is 0 Å². The molecule has 16 heavy (non-hydrogen) atoms. The zero-order valence-electron chi connectivity index (χ0n) is 10.0. The van der Waals surface area contributed by atoms with Gasteiger partial charge in [-0.3, -0.25) is 4.79 Å². The maximum atomic E-state index is 12.4. The fourth-order valence-corrected chi connectivity index (χ4v) is 2.71. The molecule has 0 aliphatic carbocycles. The van der Waals surface area contributed by atoms with E-state index in [0.717, 1.165) is 45.3 Å². The van der Waals surface area contributed by atoms with Gasteiger partial charge in [-0.05, 0) is 38.8 Å². The van der Waals surface area contributed by atoms with Crippen molar-refractivity contribution in [1.82, 2.24) is 10.2 Å². The summed E-state index contributed by atoms with van der Waals surface area (Å²) in [5, 5.41) is 12.9. The molecule has 2 saturated heterocycles. The van der Waals surface area contributed by atoms with Gasteiger partial charge in [0.15, 0.2) is 0 Å². The molecule has 0 radical (unpaired) electrons. The van der Waals surface area contributed by atoms with Crippen LogP contribution in [0.5, 0.6) is 0 Å². The number of rotatable bonds is 1. The summed E-state index contributed by atoms with van der Waals surface area (Å²) in [5.74, 6) is 0.243. The standard InChI is InChI=1S/C12H22N2O2/c1-12(4-6-13-7-5-12)11(16)14-8-2-3-10(15)9-14/h10,13,15H,2-9H2,1H3. The van der Waals surface area contributed by atoms with Crippen LogP contribution in [0.2, 0.25) is 0 Å². The SMILES string of the molecule is CC1(C(=O)N2CCCC(O)C2)CCNCC1. The van der Waals surface area contributed by atoms with E-state index >= 15 is 0 Å². The van der Waals surface area contributed by atoms with E-state index in [-0.39, 0.29) is 17.4 Å². The van der Waals surface area contributed by atoms with Gasteiger partial charge in [-0.1, -0.05) is 6.92 Å². The van der Waals surface area contributed by atoms with Crippen LogP contribution >= 0.6 is 0 Å². The minimum atomic E-state index is -0.317. The van der Waals surface area contributed by atoms with Crippen LogP contribution in [0.25, 0.3) is 0 Å². The first-order chi connectivity index (χ1) is 7.62. The third-order valence-corrected chi connectivity index (χ3v) is 3.91. The quantitative estimate of drug-likeness (QED) is 0.679. The van der Waals surface area contributed by atoms with Crippen LogP contribution in [0, 0.1) is 5.41 Å². The van der Waals surface area contributed by atoms with Gasteiger partial charge in [0.05, 0.1) is 6.10 Å². The van der Waals surface area contributed by atoms with Crippen molar-refractivity contribution in [2.24, 2.45) is 5.41 Å². The second-order valence-corrected chi connectivity index (χ2v) is 5.36. The molecular formula is C12H22N2O2. The second-order valence-electron chi connectivity index (χ2n) is 5.36. The Morgan fingerprint density at radius 3 is 2.75 bits per heavy atom. The first-order valence-electron chi connectivity index (χ1n) is 6.30. The fraction of sp³-hybridized carbons (Fsp3) is 0.917. The zero-order chi connectivity index (χ0) is 11.6. The van der Waals surface area contributed by atoms with Crippen molar-refractivity contribution in [3.05, 3.63) is 0 Å². The number of β-amino-alcohol motifs (C(OH)–C–C–N with tert-alkyl or cyclic N) is 1. The first kappa shape index (κ1) is 11.9. The van der Waals surface area contributed by atoms with Gasteiger partial charge < -0.3 is 15.3 Å². The van der Waals surface area contributed by atoms with Gasteiger partial charge in [0.1, 0.15) is 0 Å². The molecule has 2 aliphatic rings. The Hall–Kier alpha value is -0.610. The number of carbonyl (C=O) groups is 1. The Morgan fingerprint density at radius 2 is 2.12 bits per heavy atom. The summed E-state index contributed by atoms with van der Waals surface area (Å²) < 4.78 is 0. The summed E-state index contributed by atoms with van der Waals surface area (Å²) in [5.41, 5.74) is -0.206. The van der Waals surface area contributed by atoms with E-state index in [1.165, 1.54) is 0 Å². The van der Waals surface area contributed by atoms with Crippen molar-refractivity contribution < 1.29 is 9.90 Å². The van der Waals surface area contributed by atoms with E-state index in [9.17, 15) is 9.90 Å². The summed E-state index contributed by atoms with van der Waals surface area (Å²) in [6.45, 7) is 5.27. The summed E-state index contributed by atoms with van der Waals surface area (Å²) in [6.07, 6.45) is 3.28. The lowest BCUT2D eigenvalue weighted by Gasteiger charge is -2.39. The molecule has 2 rings (SSSR count). The molecule has 1 amide bonds. The molecule has 92 valence electrons. The van der Waals surface area contributed by atoms with Gasteiger partial charge in [0, 0.05) is 18.5 Å². The lowest BCUT2D eigenvalue weighted by atomic mass is 9.79. The maximum Gasteiger partial charge on any atom is 0.228 e. The predicted molar refractivity (Wildman–Crippen MR) is 62.0 cm³/mol. The number of carbonyl (C=O) groups excluding carboxylic acids is 1. The summed E-state index contributed by atoms with van der Waals surface area (Å²) in [7, 11) is 0. The van der Waals surface area contributed by atoms with Crippen LogP contribution in [-0.4, -0.2) is 48.2 Å². The molecule has 0 spiro atoms. The molecule has 0 aromatic carbocycles. The van der Waals surface area contributed by atoms with E-state index in [4.69, 9.17) is 0 Å². The van der Waals surface area contributed by atoms with Crippen molar-refractivity contribution in [3.8, 4) is 0 Å². The van der Waals surface area contributed by atoms with Gasteiger partial charge in [0.2, 0.25) is 5.91 Å². The number of amides is 1. The first-order valence-corrected chi connectivity index (χ1v) is 6.30. The average Bonchev–Trinajstić information content (AvgIpc) is 2.29. The maximum absolute atomic E-state index is 12.4. The van der Waals surface area contributed by atoms with Gasteiger partial charge >= 0.3 is 0 Å². The number of aliphatic hydroxyl groups excluding tert-OH is 1. The number of hydrogen-bond donors (Lipinski definition) is 2. The van der Waals surface area contributed by atoms with Crippen LogP contribution in [0.1, 0.15) is 32.6 Å².